The van der Waals surface area contributed by atoms with Crippen LogP contribution >= 0.6 is 0 Å². The summed E-state index contributed by atoms with van der Waals surface area (Å²) in [6, 6.07) is 19.9. The lowest BCUT2D eigenvalue weighted by atomic mass is 9.81. The molecule has 0 saturated carbocycles. The molecule has 0 aliphatic heterocycles. The zero-order valence-corrected chi connectivity index (χ0v) is 28.5. The van der Waals surface area contributed by atoms with Crippen molar-refractivity contribution < 1.29 is 56.8 Å². The highest BCUT2D eigenvalue weighted by atomic mass is 19.4. The predicted molar refractivity (Wildman–Crippen MR) is 183 cm³/mol. The average molecular weight is 721 g/mol. The van der Waals surface area contributed by atoms with Crippen molar-refractivity contribution in [2.24, 2.45) is 0 Å². The second-order valence-electron chi connectivity index (χ2n) is 12.2. The van der Waals surface area contributed by atoms with Gasteiger partial charge in [0.05, 0.1) is 29.3 Å². The molecule has 0 fully saturated rings. The van der Waals surface area contributed by atoms with Gasteiger partial charge in [-0.2, -0.15) is 13.2 Å². The van der Waals surface area contributed by atoms with Crippen LogP contribution in [0.3, 0.4) is 0 Å². The Morgan fingerprint density at radius 1 is 0.788 bits per heavy atom. The third-order valence-corrected chi connectivity index (χ3v) is 7.89. The third kappa shape index (κ3) is 8.75. The number of benzene rings is 4. The minimum Gasteiger partial charge on any atom is -0.491 e. The van der Waals surface area contributed by atoms with Crippen molar-refractivity contribution in [1.82, 2.24) is 4.90 Å². The smallest absolute Gasteiger partial charge is 0.416 e. The van der Waals surface area contributed by atoms with Crippen LogP contribution in [-0.4, -0.2) is 71.6 Å². The number of carbonyl (C=O) groups is 5. The van der Waals surface area contributed by atoms with Gasteiger partial charge in [0.2, 0.25) is 5.41 Å². The van der Waals surface area contributed by atoms with E-state index >= 15 is 0 Å². The van der Waals surface area contributed by atoms with Crippen LogP contribution in [0.2, 0.25) is 0 Å². The third-order valence-electron chi connectivity index (χ3n) is 7.89. The Morgan fingerprint density at radius 2 is 1.42 bits per heavy atom. The van der Waals surface area contributed by atoms with Crippen LogP contribution in [0.15, 0.2) is 91.0 Å². The molecule has 0 spiro atoms. The molecule has 0 bridgehead atoms. The van der Waals surface area contributed by atoms with Crippen molar-refractivity contribution >= 4 is 35.4 Å². The van der Waals surface area contributed by atoms with Crippen LogP contribution in [0.25, 0.3) is 11.1 Å². The fourth-order valence-electron chi connectivity index (χ4n) is 5.24. The van der Waals surface area contributed by atoms with Crippen LogP contribution in [0.1, 0.15) is 51.3 Å². The zero-order valence-electron chi connectivity index (χ0n) is 28.5. The first-order valence-electron chi connectivity index (χ1n) is 15.8. The maximum atomic E-state index is 13.8. The van der Waals surface area contributed by atoms with Crippen LogP contribution in [0, 0.1) is 0 Å². The highest BCUT2D eigenvalue weighted by Crippen LogP contribution is 2.34. The number of alkyl halides is 3. The molecular formula is C38H35F3N2O9. The fourth-order valence-corrected chi connectivity index (χ4v) is 5.24. The van der Waals surface area contributed by atoms with Gasteiger partial charge in [-0.15, -0.1) is 0 Å². The highest BCUT2D eigenvalue weighted by Gasteiger charge is 2.50. The van der Waals surface area contributed by atoms with Crippen molar-refractivity contribution in [2.75, 3.05) is 26.0 Å². The summed E-state index contributed by atoms with van der Waals surface area (Å²) in [5.74, 6) is -5.34. The van der Waals surface area contributed by atoms with E-state index in [-0.39, 0.29) is 39.6 Å². The standard InChI is InChI=1S/C38H35F3N2O9/c1-22(2)52-27-15-16-28(29(20-27)24-11-13-26(14-12-24)38(39,40)41)33(45)42-31-17-10-23(18-30(31)34(46)43(3)4)19-32(44)51-21-37(35(47)48,36(49)50)25-8-6-5-7-9-25/h5-18,20,22H,19,21H2,1-4H3,(H,42,45)(H,47,48)(H,49,50). The van der Waals surface area contributed by atoms with E-state index in [1.807, 2.05) is 0 Å². The number of aliphatic carboxylic acids is 2. The molecule has 272 valence electrons. The van der Waals surface area contributed by atoms with Crippen LogP contribution in [0.4, 0.5) is 18.9 Å². The Kier molecular flexibility index (Phi) is 11.7. The summed E-state index contributed by atoms with van der Waals surface area (Å²) >= 11 is 0. The quantitative estimate of drug-likeness (QED) is 0.106. The van der Waals surface area contributed by atoms with Crippen LogP contribution < -0.4 is 10.1 Å². The molecule has 0 unspecified atom stereocenters. The number of anilines is 1. The number of halogens is 3. The Bertz CT molecular complexity index is 1960. The molecular weight excluding hydrogens is 685 g/mol. The number of carboxylic acid groups (broad SMARTS) is 2. The molecule has 0 aliphatic rings. The van der Waals surface area contributed by atoms with Crippen molar-refractivity contribution in [2.45, 2.75) is 38.0 Å². The summed E-state index contributed by atoms with van der Waals surface area (Å²) < 4.78 is 50.7. The van der Waals surface area contributed by atoms with Gasteiger partial charge in [0.25, 0.3) is 11.8 Å². The van der Waals surface area contributed by atoms with Crippen molar-refractivity contribution in [3.63, 3.8) is 0 Å². The number of carbonyl (C=O) groups excluding carboxylic acids is 3. The maximum absolute atomic E-state index is 13.8. The van der Waals surface area contributed by atoms with Gasteiger partial charge in [0, 0.05) is 19.7 Å². The van der Waals surface area contributed by atoms with E-state index < -0.39 is 59.9 Å². The van der Waals surface area contributed by atoms with Gasteiger partial charge in [-0.05, 0) is 78.6 Å². The Balaban J connectivity index is 1.63. The van der Waals surface area contributed by atoms with Gasteiger partial charge < -0.3 is 29.9 Å². The maximum Gasteiger partial charge on any atom is 0.416 e. The van der Waals surface area contributed by atoms with E-state index in [0.717, 1.165) is 12.1 Å². The van der Waals surface area contributed by atoms with E-state index in [1.54, 1.807) is 19.9 Å². The minimum absolute atomic E-state index is 0.0332. The monoisotopic (exact) mass is 720 g/mol. The lowest BCUT2D eigenvalue weighted by molar-refractivity contribution is -0.164. The summed E-state index contributed by atoms with van der Waals surface area (Å²) in [5, 5.41) is 22.4. The fraction of sp³-hybridized carbons (Fsp3) is 0.237. The Morgan fingerprint density at radius 3 is 1.98 bits per heavy atom. The normalized spacial score (nSPS) is 11.5. The molecule has 4 aromatic carbocycles. The molecule has 3 N–H and O–H groups in total. The minimum atomic E-state index is -4.57. The van der Waals surface area contributed by atoms with Gasteiger partial charge >= 0.3 is 24.1 Å². The summed E-state index contributed by atoms with van der Waals surface area (Å²) in [4.78, 5) is 65.5. The second kappa shape index (κ2) is 15.8. The number of hydrogen-bond acceptors (Lipinski definition) is 7. The van der Waals surface area contributed by atoms with Gasteiger partial charge in [-0.3, -0.25) is 24.0 Å². The number of nitrogens with zero attached hydrogens (tertiary/aromatic N) is 1. The molecule has 11 nitrogen and oxygen atoms in total. The summed E-state index contributed by atoms with van der Waals surface area (Å²) in [6.07, 6.45) is -5.29. The number of carboxylic acids is 2. The lowest BCUT2D eigenvalue weighted by Gasteiger charge is -2.25. The molecule has 0 aromatic heterocycles. The Labute approximate surface area is 296 Å². The zero-order chi connectivity index (χ0) is 38.4. The van der Waals surface area contributed by atoms with Gasteiger partial charge in [0.15, 0.2) is 0 Å². The molecule has 0 heterocycles. The number of amides is 2. The summed E-state index contributed by atoms with van der Waals surface area (Å²) in [7, 11) is 2.93. The predicted octanol–water partition coefficient (Wildman–Crippen LogP) is 6.31. The Hall–Kier alpha value is -6.18. The first kappa shape index (κ1) is 38.6. The van der Waals surface area contributed by atoms with Crippen LogP contribution in [-0.2, 0) is 37.1 Å². The van der Waals surface area contributed by atoms with E-state index in [9.17, 15) is 47.4 Å². The first-order chi connectivity index (χ1) is 24.4. The van der Waals surface area contributed by atoms with E-state index in [4.69, 9.17) is 9.47 Å². The molecule has 0 saturated heterocycles. The van der Waals surface area contributed by atoms with E-state index in [2.05, 4.69) is 5.32 Å². The molecule has 0 atom stereocenters. The molecule has 4 aromatic rings. The summed E-state index contributed by atoms with van der Waals surface area (Å²) in [6.45, 7) is 2.56. The largest absolute Gasteiger partial charge is 0.491 e. The van der Waals surface area contributed by atoms with Gasteiger partial charge in [0.1, 0.15) is 12.4 Å². The molecule has 52 heavy (non-hydrogen) atoms. The second-order valence-corrected chi connectivity index (χ2v) is 12.2. The molecule has 0 radical (unpaired) electrons. The van der Waals surface area contributed by atoms with Crippen molar-refractivity contribution in [1.29, 1.82) is 0 Å². The van der Waals surface area contributed by atoms with E-state index in [0.29, 0.717) is 11.3 Å². The lowest BCUT2D eigenvalue weighted by Crippen LogP contribution is -2.48. The van der Waals surface area contributed by atoms with Gasteiger partial charge in [-0.25, -0.2) is 0 Å². The molecule has 2 amide bonds. The van der Waals surface area contributed by atoms with Crippen molar-refractivity contribution in [3.05, 3.63) is 119 Å². The van der Waals surface area contributed by atoms with E-state index in [1.165, 1.54) is 91.8 Å². The number of ether oxygens (including phenoxy) is 2. The number of rotatable bonds is 13. The number of hydrogen-bond donors (Lipinski definition) is 3. The molecule has 0 aliphatic carbocycles. The molecule has 14 heteroatoms. The molecule has 4 rings (SSSR count). The van der Waals surface area contributed by atoms with Gasteiger partial charge in [-0.1, -0.05) is 48.5 Å². The average Bonchev–Trinajstić information content (AvgIpc) is 3.08. The number of nitrogens with one attached hydrogen (secondary N) is 1. The van der Waals surface area contributed by atoms with Crippen molar-refractivity contribution in [3.8, 4) is 16.9 Å². The topological polar surface area (TPSA) is 160 Å². The first-order valence-corrected chi connectivity index (χ1v) is 15.8. The SMILES string of the molecule is CC(C)Oc1ccc(C(=O)Nc2ccc(CC(=O)OCC(C(=O)O)(C(=O)O)c3ccccc3)cc2C(=O)N(C)C)c(-c2ccc(C(F)(F)F)cc2)c1. The van der Waals surface area contributed by atoms with Crippen LogP contribution in [0.5, 0.6) is 5.75 Å². The summed E-state index contributed by atoms with van der Waals surface area (Å²) in [5.41, 5.74) is -2.69. The highest BCUT2D eigenvalue weighted by molar-refractivity contribution is 6.12. The number of esters is 1.